The summed E-state index contributed by atoms with van der Waals surface area (Å²) in [6, 6.07) is 3.51. The van der Waals surface area contributed by atoms with E-state index >= 15 is 0 Å². The summed E-state index contributed by atoms with van der Waals surface area (Å²) in [6.45, 7) is 0. The fourth-order valence-electron chi connectivity index (χ4n) is 2.48. The van der Waals surface area contributed by atoms with Crippen molar-refractivity contribution in [2.75, 3.05) is 5.73 Å². The predicted octanol–water partition coefficient (Wildman–Crippen LogP) is 2.79. The molecule has 0 fully saturated rings. The SMILES string of the molecule is Nc1ncc2c(-c3ccc4ncc(C(F)F)n4c3)c[nH]c2n1. The molecule has 0 unspecified atom stereocenters. The van der Waals surface area contributed by atoms with Crippen molar-refractivity contribution in [3.05, 3.63) is 42.6 Å². The number of fused-ring (bicyclic) bond motifs is 2. The van der Waals surface area contributed by atoms with Crippen LogP contribution in [0.3, 0.4) is 0 Å². The molecule has 0 aliphatic heterocycles. The molecule has 6 nitrogen and oxygen atoms in total. The molecule has 4 aromatic rings. The van der Waals surface area contributed by atoms with Crippen LogP contribution in [0.5, 0.6) is 0 Å². The zero-order valence-corrected chi connectivity index (χ0v) is 11.2. The van der Waals surface area contributed by atoms with E-state index in [-0.39, 0.29) is 11.6 Å². The van der Waals surface area contributed by atoms with Gasteiger partial charge in [-0.1, -0.05) is 0 Å². The summed E-state index contributed by atoms with van der Waals surface area (Å²) in [7, 11) is 0. The highest BCUT2D eigenvalue weighted by molar-refractivity contribution is 5.93. The van der Waals surface area contributed by atoms with Gasteiger partial charge in [0.15, 0.2) is 0 Å². The fraction of sp³-hybridized carbons (Fsp3) is 0.0714. The van der Waals surface area contributed by atoms with E-state index in [0.29, 0.717) is 11.3 Å². The number of nitrogens with one attached hydrogen (secondary N) is 1. The summed E-state index contributed by atoms with van der Waals surface area (Å²) < 4.78 is 27.4. The van der Waals surface area contributed by atoms with Crippen molar-refractivity contribution in [1.82, 2.24) is 24.3 Å². The molecule has 0 radical (unpaired) electrons. The third-order valence-corrected chi connectivity index (χ3v) is 3.52. The van der Waals surface area contributed by atoms with Crippen LogP contribution >= 0.6 is 0 Å². The number of H-pyrrole nitrogens is 1. The lowest BCUT2D eigenvalue weighted by atomic mass is 10.1. The Balaban J connectivity index is 1.94. The van der Waals surface area contributed by atoms with Crippen LogP contribution < -0.4 is 5.73 Å². The maximum atomic E-state index is 13.0. The summed E-state index contributed by atoms with van der Waals surface area (Å²) in [5.74, 6) is 0.172. The number of imidazole rings is 1. The first-order chi connectivity index (χ1) is 10.6. The molecule has 4 aromatic heterocycles. The number of hydrogen-bond acceptors (Lipinski definition) is 4. The van der Waals surface area contributed by atoms with E-state index in [2.05, 4.69) is 19.9 Å². The van der Waals surface area contributed by atoms with Crippen LogP contribution in [0, 0.1) is 0 Å². The molecule has 0 bridgehead atoms. The Bertz CT molecular complexity index is 988. The number of aromatic amines is 1. The Morgan fingerprint density at radius 2 is 2.05 bits per heavy atom. The van der Waals surface area contributed by atoms with Gasteiger partial charge in [-0.05, 0) is 12.1 Å². The van der Waals surface area contributed by atoms with E-state index in [9.17, 15) is 8.78 Å². The van der Waals surface area contributed by atoms with Gasteiger partial charge in [-0.15, -0.1) is 0 Å². The van der Waals surface area contributed by atoms with Crippen molar-refractivity contribution in [3.63, 3.8) is 0 Å². The minimum Gasteiger partial charge on any atom is -0.368 e. The van der Waals surface area contributed by atoms with Crippen molar-refractivity contribution < 1.29 is 8.78 Å². The first kappa shape index (κ1) is 12.7. The van der Waals surface area contributed by atoms with Gasteiger partial charge in [0.25, 0.3) is 6.43 Å². The van der Waals surface area contributed by atoms with Crippen LogP contribution in [0.2, 0.25) is 0 Å². The van der Waals surface area contributed by atoms with E-state index in [4.69, 9.17) is 5.73 Å². The summed E-state index contributed by atoms with van der Waals surface area (Å²) in [6.07, 6.45) is 3.58. The molecule has 22 heavy (non-hydrogen) atoms. The Morgan fingerprint density at radius 3 is 2.86 bits per heavy atom. The van der Waals surface area contributed by atoms with E-state index in [1.807, 2.05) is 6.07 Å². The Labute approximate surface area is 122 Å². The fourth-order valence-corrected chi connectivity index (χ4v) is 2.48. The van der Waals surface area contributed by atoms with Crippen LogP contribution in [-0.2, 0) is 0 Å². The maximum Gasteiger partial charge on any atom is 0.280 e. The molecule has 0 atom stereocenters. The lowest BCUT2D eigenvalue weighted by molar-refractivity contribution is 0.145. The molecule has 0 spiro atoms. The molecule has 0 aliphatic rings. The quantitative estimate of drug-likeness (QED) is 0.596. The number of pyridine rings is 1. The highest BCUT2D eigenvalue weighted by Gasteiger charge is 2.15. The molecule has 4 rings (SSSR count). The normalized spacial score (nSPS) is 11.8. The average molecular weight is 300 g/mol. The first-order valence-electron chi connectivity index (χ1n) is 6.48. The summed E-state index contributed by atoms with van der Waals surface area (Å²) in [4.78, 5) is 15.0. The van der Waals surface area contributed by atoms with Gasteiger partial charge in [0.2, 0.25) is 5.95 Å². The third-order valence-electron chi connectivity index (χ3n) is 3.52. The third kappa shape index (κ3) is 1.80. The number of nitrogens with zero attached hydrogens (tertiary/aromatic N) is 4. The predicted molar refractivity (Wildman–Crippen MR) is 77.4 cm³/mol. The molecular formula is C14H10F2N6. The summed E-state index contributed by atoms with van der Waals surface area (Å²) >= 11 is 0. The molecule has 3 N–H and O–H groups in total. The average Bonchev–Trinajstić information content (AvgIpc) is 3.09. The number of anilines is 1. The smallest absolute Gasteiger partial charge is 0.280 e. The van der Waals surface area contributed by atoms with Gasteiger partial charge in [-0.3, -0.25) is 4.40 Å². The van der Waals surface area contributed by atoms with Crippen molar-refractivity contribution in [3.8, 4) is 11.1 Å². The second-order valence-electron chi connectivity index (χ2n) is 4.82. The molecule has 0 amide bonds. The van der Waals surface area contributed by atoms with Gasteiger partial charge in [0, 0.05) is 35.1 Å². The Morgan fingerprint density at radius 1 is 1.18 bits per heavy atom. The van der Waals surface area contributed by atoms with Crippen molar-refractivity contribution in [2.24, 2.45) is 0 Å². The molecule has 8 heteroatoms. The number of aromatic nitrogens is 5. The standard InChI is InChI=1S/C14H10F2N6/c15-12(16)10-5-18-11-2-1-7(6-22(10)11)8-3-19-13-9(8)4-20-14(17)21-13/h1-6,12H,(H3,17,19,20,21). The maximum absolute atomic E-state index is 13.0. The van der Waals surface area contributed by atoms with E-state index in [1.54, 1.807) is 24.7 Å². The Kier molecular flexibility index (Phi) is 2.59. The number of hydrogen-bond donors (Lipinski definition) is 2. The number of alkyl halides is 2. The minimum atomic E-state index is -2.59. The topological polar surface area (TPSA) is 84.9 Å². The monoisotopic (exact) mass is 300 g/mol. The number of rotatable bonds is 2. The van der Waals surface area contributed by atoms with Crippen LogP contribution in [0.15, 0.2) is 36.9 Å². The second-order valence-corrected chi connectivity index (χ2v) is 4.82. The van der Waals surface area contributed by atoms with Gasteiger partial charge in [0.1, 0.15) is 17.0 Å². The molecule has 0 saturated heterocycles. The zero-order valence-electron chi connectivity index (χ0n) is 11.2. The Hall–Kier alpha value is -3.03. The number of nitrogens with two attached hydrogens (primary N) is 1. The first-order valence-corrected chi connectivity index (χ1v) is 6.48. The lowest BCUT2D eigenvalue weighted by Gasteiger charge is -2.04. The number of halogens is 2. The summed E-state index contributed by atoms with van der Waals surface area (Å²) in [5, 5.41) is 0.771. The van der Waals surface area contributed by atoms with E-state index in [0.717, 1.165) is 16.5 Å². The van der Waals surface area contributed by atoms with Crippen LogP contribution in [-0.4, -0.2) is 24.3 Å². The molecule has 110 valence electrons. The van der Waals surface area contributed by atoms with Gasteiger partial charge in [0.05, 0.1) is 6.20 Å². The van der Waals surface area contributed by atoms with Crippen LogP contribution in [0.1, 0.15) is 12.1 Å². The minimum absolute atomic E-state index is 0.141. The van der Waals surface area contributed by atoms with Gasteiger partial charge >= 0.3 is 0 Å². The zero-order chi connectivity index (χ0) is 15.3. The molecular weight excluding hydrogens is 290 g/mol. The van der Waals surface area contributed by atoms with Crippen molar-refractivity contribution in [1.29, 1.82) is 0 Å². The lowest BCUT2D eigenvalue weighted by Crippen LogP contribution is -1.94. The van der Waals surface area contributed by atoms with E-state index < -0.39 is 6.43 Å². The molecule has 0 saturated carbocycles. The van der Waals surface area contributed by atoms with Crippen LogP contribution in [0.4, 0.5) is 14.7 Å². The molecule has 0 aromatic carbocycles. The largest absolute Gasteiger partial charge is 0.368 e. The highest BCUT2D eigenvalue weighted by atomic mass is 19.3. The van der Waals surface area contributed by atoms with E-state index in [1.165, 1.54) is 10.6 Å². The molecule has 4 heterocycles. The summed E-state index contributed by atoms with van der Waals surface area (Å²) in [5.41, 5.74) is 8.04. The second kappa shape index (κ2) is 4.48. The van der Waals surface area contributed by atoms with Gasteiger partial charge in [-0.25, -0.2) is 18.7 Å². The van der Waals surface area contributed by atoms with Crippen molar-refractivity contribution >= 4 is 22.6 Å². The van der Waals surface area contributed by atoms with Gasteiger partial charge < -0.3 is 10.7 Å². The van der Waals surface area contributed by atoms with Gasteiger partial charge in [-0.2, -0.15) is 4.98 Å². The highest BCUT2D eigenvalue weighted by Crippen LogP contribution is 2.29. The molecule has 0 aliphatic carbocycles. The van der Waals surface area contributed by atoms with Crippen LogP contribution in [0.25, 0.3) is 27.8 Å². The van der Waals surface area contributed by atoms with Crippen molar-refractivity contribution in [2.45, 2.75) is 6.43 Å². The number of nitrogen functional groups attached to an aromatic ring is 1.